The van der Waals surface area contributed by atoms with Gasteiger partial charge >= 0.3 is 5.97 Å². The van der Waals surface area contributed by atoms with Crippen LogP contribution in [0.5, 0.6) is 5.75 Å². The standard InChI is InChI=1S/C21H16N6O5/c28-17-8-6-14(10-16(17)21(30)31)18-9-7-15(32-18)11-22-23-19(29)12-27-25-20(24-26-27)13-4-2-1-3-5-13/h1-11,28H,12H2,(H,23,29)(H,30,31). The van der Waals surface area contributed by atoms with E-state index >= 15 is 0 Å². The van der Waals surface area contributed by atoms with Crippen LogP contribution in [0.1, 0.15) is 16.1 Å². The molecule has 2 aromatic heterocycles. The molecule has 0 aliphatic rings. The molecular formula is C21H16N6O5. The number of nitrogens with zero attached hydrogens (tertiary/aromatic N) is 5. The van der Waals surface area contributed by atoms with Gasteiger partial charge in [0, 0.05) is 11.1 Å². The maximum Gasteiger partial charge on any atom is 0.339 e. The van der Waals surface area contributed by atoms with Crippen LogP contribution in [0, 0.1) is 0 Å². The molecule has 0 unspecified atom stereocenters. The molecule has 4 aromatic rings. The minimum atomic E-state index is -1.25. The molecule has 0 bridgehead atoms. The summed E-state index contributed by atoms with van der Waals surface area (Å²) in [5.41, 5.74) is 3.36. The lowest BCUT2D eigenvalue weighted by molar-refractivity contribution is -0.122. The number of nitrogens with one attached hydrogen (secondary N) is 1. The molecule has 0 saturated heterocycles. The van der Waals surface area contributed by atoms with Crippen molar-refractivity contribution in [2.24, 2.45) is 5.10 Å². The second-order valence-corrected chi connectivity index (χ2v) is 6.54. The van der Waals surface area contributed by atoms with Gasteiger partial charge in [0.15, 0.2) is 0 Å². The number of hydrogen-bond acceptors (Lipinski definition) is 8. The van der Waals surface area contributed by atoms with Crippen molar-refractivity contribution in [1.82, 2.24) is 25.6 Å². The number of rotatable bonds is 7. The molecule has 4 rings (SSSR count). The highest BCUT2D eigenvalue weighted by atomic mass is 16.4. The highest BCUT2D eigenvalue weighted by Gasteiger charge is 2.13. The molecule has 0 atom stereocenters. The Morgan fingerprint density at radius 3 is 2.69 bits per heavy atom. The van der Waals surface area contributed by atoms with Crippen LogP contribution in [-0.2, 0) is 11.3 Å². The van der Waals surface area contributed by atoms with Crippen LogP contribution >= 0.6 is 0 Å². The quantitative estimate of drug-likeness (QED) is 0.296. The van der Waals surface area contributed by atoms with E-state index in [9.17, 15) is 14.7 Å². The smallest absolute Gasteiger partial charge is 0.339 e. The van der Waals surface area contributed by atoms with Crippen molar-refractivity contribution in [3.05, 3.63) is 72.0 Å². The van der Waals surface area contributed by atoms with Crippen molar-refractivity contribution in [2.45, 2.75) is 6.54 Å². The first-order valence-corrected chi connectivity index (χ1v) is 9.31. The Morgan fingerprint density at radius 1 is 1.09 bits per heavy atom. The Bertz CT molecular complexity index is 1300. The number of carbonyl (C=O) groups is 2. The molecular weight excluding hydrogens is 416 g/mol. The fourth-order valence-electron chi connectivity index (χ4n) is 2.78. The third-order valence-electron chi connectivity index (χ3n) is 4.29. The first-order chi connectivity index (χ1) is 15.5. The van der Waals surface area contributed by atoms with Gasteiger partial charge in [-0.05, 0) is 35.5 Å². The molecule has 0 spiro atoms. The van der Waals surface area contributed by atoms with Crippen molar-refractivity contribution in [2.75, 3.05) is 0 Å². The van der Waals surface area contributed by atoms with Gasteiger partial charge < -0.3 is 14.6 Å². The zero-order chi connectivity index (χ0) is 22.5. The number of aromatic hydroxyl groups is 1. The average Bonchev–Trinajstić information content (AvgIpc) is 3.44. The summed E-state index contributed by atoms with van der Waals surface area (Å²) in [4.78, 5) is 24.4. The lowest BCUT2D eigenvalue weighted by Crippen LogP contribution is -2.24. The molecule has 32 heavy (non-hydrogen) atoms. The van der Waals surface area contributed by atoms with Crippen LogP contribution in [0.15, 0.2) is 70.2 Å². The van der Waals surface area contributed by atoms with E-state index < -0.39 is 11.9 Å². The summed E-state index contributed by atoms with van der Waals surface area (Å²) in [7, 11) is 0. The molecule has 3 N–H and O–H groups in total. The molecule has 160 valence electrons. The van der Waals surface area contributed by atoms with Gasteiger partial charge in [0.1, 0.15) is 29.4 Å². The Labute approximate surface area is 180 Å². The van der Waals surface area contributed by atoms with Crippen LogP contribution in [0.25, 0.3) is 22.7 Å². The number of hydrazone groups is 1. The third kappa shape index (κ3) is 4.67. The van der Waals surface area contributed by atoms with Crippen molar-refractivity contribution in [1.29, 1.82) is 0 Å². The van der Waals surface area contributed by atoms with E-state index in [1.165, 1.54) is 24.4 Å². The SMILES string of the molecule is O=C(Cn1nnc(-c2ccccc2)n1)NN=Cc1ccc(-c2ccc(O)c(C(=O)O)c2)o1. The number of aromatic carboxylic acids is 1. The van der Waals surface area contributed by atoms with Crippen molar-refractivity contribution in [3.8, 4) is 28.5 Å². The minimum absolute atomic E-state index is 0.175. The largest absolute Gasteiger partial charge is 0.507 e. The van der Waals surface area contributed by atoms with Crippen LogP contribution in [0.3, 0.4) is 0 Å². The summed E-state index contributed by atoms with van der Waals surface area (Å²) in [6, 6.07) is 16.6. The van der Waals surface area contributed by atoms with Crippen LogP contribution in [0.2, 0.25) is 0 Å². The number of carboxylic acid groups (broad SMARTS) is 1. The monoisotopic (exact) mass is 432 g/mol. The van der Waals surface area contributed by atoms with Gasteiger partial charge in [0.25, 0.3) is 5.91 Å². The number of amides is 1. The second kappa shape index (κ2) is 8.92. The molecule has 0 saturated carbocycles. The van der Waals surface area contributed by atoms with Crippen molar-refractivity contribution in [3.63, 3.8) is 0 Å². The Kier molecular flexibility index (Phi) is 5.70. The Morgan fingerprint density at radius 2 is 1.91 bits per heavy atom. The average molecular weight is 432 g/mol. The summed E-state index contributed by atoms with van der Waals surface area (Å²) in [6.07, 6.45) is 1.30. The predicted octanol–water partition coefficient (Wildman–Crippen LogP) is 2.15. The number of tetrazole rings is 1. The van der Waals surface area contributed by atoms with E-state index in [4.69, 9.17) is 9.52 Å². The lowest BCUT2D eigenvalue weighted by Gasteiger charge is -2.02. The van der Waals surface area contributed by atoms with E-state index in [1.54, 1.807) is 12.1 Å². The van der Waals surface area contributed by atoms with E-state index in [2.05, 4.69) is 25.9 Å². The fraction of sp³-hybridized carbons (Fsp3) is 0.0476. The molecule has 0 radical (unpaired) electrons. The zero-order valence-electron chi connectivity index (χ0n) is 16.4. The highest BCUT2D eigenvalue weighted by molar-refractivity contribution is 5.92. The first kappa shape index (κ1) is 20.5. The molecule has 0 fully saturated rings. The predicted molar refractivity (Wildman–Crippen MR) is 112 cm³/mol. The number of phenols is 1. The number of benzene rings is 2. The molecule has 1 amide bonds. The number of carbonyl (C=O) groups excluding carboxylic acids is 1. The summed E-state index contributed by atoms with van der Waals surface area (Å²) < 4.78 is 5.58. The third-order valence-corrected chi connectivity index (χ3v) is 4.29. The van der Waals surface area contributed by atoms with Gasteiger partial charge in [0.05, 0.1) is 6.21 Å². The number of furan rings is 1. The topological polar surface area (TPSA) is 156 Å². The van der Waals surface area contributed by atoms with E-state index in [0.29, 0.717) is 22.9 Å². The van der Waals surface area contributed by atoms with Gasteiger partial charge in [-0.25, -0.2) is 10.2 Å². The van der Waals surface area contributed by atoms with Crippen LogP contribution in [0.4, 0.5) is 0 Å². The molecule has 0 aliphatic heterocycles. The normalized spacial score (nSPS) is 11.0. The molecule has 0 aliphatic carbocycles. The molecule has 2 heterocycles. The van der Waals surface area contributed by atoms with Gasteiger partial charge in [-0.2, -0.15) is 9.90 Å². The van der Waals surface area contributed by atoms with E-state index in [0.717, 1.165) is 10.4 Å². The summed E-state index contributed by atoms with van der Waals surface area (Å²) in [5, 5.41) is 34.5. The van der Waals surface area contributed by atoms with Crippen molar-refractivity contribution < 1.29 is 24.2 Å². The lowest BCUT2D eigenvalue weighted by atomic mass is 10.1. The number of carboxylic acids is 1. The zero-order valence-corrected chi connectivity index (χ0v) is 16.4. The molecule has 11 nitrogen and oxygen atoms in total. The minimum Gasteiger partial charge on any atom is -0.507 e. The van der Waals surface area contributed by atoms with E-state index in [-0.39, 0.29) is 17.9 Å². The van der Waals surface area contributed by atoms with Crippen LogP contribution < -0.4 is 5.43 Å². The Balaban J connectivity index is 1.35. The number of aromatic nitrogens is 4. The summed E-state index contributed by atoms with van der Waals surface area (Å²) >= 11 is 0. The van der Waals surface area contributed by atoms with Gasteiger partial charge in [-0.3, -0.25) is 4.79 Å². The molecule has 11 heteroatoms. The maximum absolute atomic E-state index is 12.0. The van der Waals surface area contributed by atoms with Crippen LogP contribution in [-0.4, -0.2) is 48.5 Å². The van der Waals surface area contributed by atoms with E-state index in [1.807, 2.05) is 30.3 Å². The first-order valence-electron chi connectivity index (χ1n) is 9.31. The number of hydrogen-bond donors (Lipinski definition) is 3. The molecule has 2 aromatic carbocycles. The highest BCUT2D eigenvalue weighted by Crippen LogP contribution is 2.27. The van der Waals surface area contributed by atoms with Gasteiger partial charge in [-0.15, -0.1) is 10.2 Å². The summed E-state index contributed by atoms with van der Waals surface area (Å²) in [6.45, 7) is -0.175. The Hall–Kier alpha value is -4.80. The fourth-order valence-corrected chi connectivity index (χ4v) is 2.78. The summed E-state index contributed by atoms with van der Waals surface area (Å²) in [5.74, 6) is -0.941. The van der Waals surface area contributed by atoms with Gasteiger partial charge in [0.2, 0.25) is 5.82 Å². The maximum atomic E-state index is 12.0. The van der Waals surface area contributed by atoms with Crippen molar-refractivity contribution >= 4 is 18.1 Å². The van der Waals surface area contributed by atoms with Gasteiger partial charge in [-0.1, -0.05) is 30.3 Å². The second-order valence-electron chi connectivity index (χ2n) is 6.54.